The predicted molar refractivity (Wildman–Crippen MR) is 94.9 cm³/mol. The van der Waals surface area contributed by atoms with Gasteiger partial charge in [0.1, 0.15) is 5.76 Å². The second-order valence-corrected chi connectivity index (χ2v) is 8.30. The van der Waals surface area contributed by atoms with E-state index >= 15 is 0 Å². The Balaban J connectivity index is 1.36. The molecule has 4 rings (SSSR count). The molecule has 5 nitrogen and oxygen atoms in total. The molecule has 5 heteroatoms. The van der Waals surface area contributed by atoms with Crippen molar-refractivity contribution in [3.63, 3.8) is 0 Å². The normalized spacial score (nSPS) is 26.4. The molecule has 1 atom stereocenters. The molecular weight excluding hydrogens is 316 g/mol. The van der Waals surface area contributed by atoms with Crippen molar-refractivity contribution >= 4 is 5.91 Å². The van der Waals surface area contributed by atoms with Crippen molar-refractivity contribution < 1.29 is 13.9 Å². The van der Waals surface area contributed by atoms with E-state index in [1.807, 2.05) is 17.0 Å². The average Bonchev–Trinajstić information content (AvgIpc) is 3.15. The van der Waals surface area contributed by atoms with Crippen LogP contribution in [-0.2, 0) is 16.1 Å². The molecule has 0 radical (unpaired) electrons. The van der Waals surface area contributed by atoms with Crippen LogP contribution in [0.5, 0.6) is 0 Å². The van der Waals surface area contributed by atoms with E-state index in [1.54, 1.807) is 13.2 Å². The van der Waals surface area contributed by atoms with Gasteiger partial charge >= 0.3 is 0 Å². The van der Waals surface area contributed by atoms with Crippen LogP contribution in [0, 0.1) is 17.3 Å². The number of carbonyl (C=O) groups excluding carboxylic acids is 1. The second kappa shape index (κ2) is 7.12. The lowest BCUT2D eigenvalue weighted by molar-refractivity contribution is -0.128. The molecule has 1 saturated carbocycles. The van der Waals surface area contributed by atoms with Crippen molar-refractivity contribution in [2.75, 3.05) is 39.4 Å². The molecule has 1 aromatic rings. The molecular formula is C20H30N2O3. The van der Waals surface area contributed by atoms with Gasteiger partial charge in [0.2, 0.25) is 5.91 Å². The Hall–Kier alpha value is -1.33. The standard InChI is InChI=1S/C20H30N2O3/c1-16(23)22-11-18(14-24-13-17-4-5-17)20(15-22)6-8-21(9-7-20)12-19-3-2-10-25-19/h2-3,10,17-18H,4-9,11-15H2,1H3. The molecule has 25 heavy (non-hydrogen) atoms. The summed E-state index contributed by atoms with van der Waals surface area (Å²) in [6.45, 7) is 8.26. The number of hydrogen-bond donors (Lipinski definition) is 0. The maximum atomic E-state index is 11.9. The number of amides is 1. The van der Waals surface area contributed by atoms with E-state index in [0.717, 1.165) is 70.5 Å². The first kappa shape index (κ1) is 17.1. The zero-order valence-electron chi connectivity index (χ0n) is 15.3. The summed E-state index contributed by atoms with van der Waals surface area (Å²) in [5.74, 6) is 2.54. The van der Waals surface area contributed by atoms with Crippen molar-refractivity contribution in [3.8, 4) is 0 Å². The quantitative estimate of drug-likeness (QED) is 0.795. The molecule has 138 valence electrons. The van der Waals surface area contributed by atoms with Crippen LogP contribution in [0.2, 0.25) is 0 Å². The third-order valence-electron chi connectivity index (χ3n) is 6.44. The Morgan fingerprint density at radius 2 is 2.12 bits per heavy atom. The SMILES string of the molecule is CC(=O)N1CC(COCC2CC2)C2(CCN(Cc3ccco3)CC2)C1. The van der Waals surface area contributed by atoms with Gasteiger partial charge in [0.25, 0.3) is 0 Å². The molecule has 1 aromatic heterocycles. The first-order valence-electron chi connectivity index (χ1n) is 9.73. The van der Waals surface area contributed by atoms with Crippen LogP contribution in [-0.4, -0.2) is 55.1 Å². The fourth-order valence-electron chi connectivity index (χ4n) is 4.51. The highest BCUT2D eigenvalue weighted by atomic mass is 16.5. The molecule has 3 fully saturated rings. The summed E-state index contributed by atoms with van der Waals surface area (Å²) < 4.78 is 11.5. The Labute approximate surface area is 150 Å². The summed E-state index contributed by atoms with van der Waals surface area (Å²) in [6, 6.07) is 4.00. The largest absolute Gasteiger partial charge is 0.468 e. The molecule has 2 aliphatic heterocycles. The Morgan fingerprint density at radius 3 is 2.76 bits per heavy atom. The van der Waals surface area contributed by atoms with Gasteiger partial charge in [0, 0.05) is 32.5 Å². The number of ether oxygens (including phenoxy) is 1. The van der Waals surface area contributed by atoms with Crippen LogP contribution in [0.4, 0.5) is 0 Å². The summed E-state index contributed by atoms with van der Waals surface area (Å²) in [5.41, 5.74) is 0.245. The van der Waals surface area contributed by atoms with Gasteiger partial charge in [-0.15, -0.1) is 0 Å². The first-order chi connectivity index (χ1) is 12.1. The maximum Gasteiger partial charge on any atom is 0.219 e. The molecule has 2 saturated heterocycles. The highest BCUT2D eigenvalue weighted by molar-refractivity contribution is 5.73. The van der Waals surface area contributed by atoms with Crippen LogP contribution in [0.1, 0.15) is 38.4 Å². The van der Waals surface area contributed by atoms with Gasteiger partial charge in [-0.2, -0.15) is 0 Å². The zero-order chi connectivity index (χ0) is 17.3. The summed E-state index contributed by atoms with van der Waals surface area (Å²) in [4.78, 5) is 16.5. The van der Waals surface area contributed by atoms with Crippen molar-refractivity contribution in [2.45, 2.75) is 39.2 Å². The minimum atomic E-state index is 0.210. The van der Waals surface area contributed by atoms with Gasteiger partial charge in [0.15, 0.2) is 0 Å². The van der Waals surface area contributed by atoms with Gasteiger partial charge in [-0.25, -0.2) is 0 Å². The number of likely N-dealkylation sites (tertiary alicyclic amines) is 2. The molecule has 1 amide bonds. The number of piperidine rings is 1. The molecule has 0 aromatic carbocycles. The van der Waals surface area contributed by atoms with E-state index in [-0.39, 0.29) is 11.3 Å². The van der Waals surface area contributed by atoms with Crippen LogP contribution in [0.3, 0.4) is 0 Å². The Bertz CT molecular complexity index is 574. The first-order valence-corrected chi connectivity index (χ1v) is 9.73. The number of furan rings is 1. The van der Waals surface area contributed by atoms with Crippen molar-refractivity contribution in [3.05, 3.63) is 24.2 Å². The lowest BCUT2D eigenvalue weighted by Crippen LogP contribution is -2.45. The number of hydrogen-bond acceptors (Lipinski definition) is 4. The highest BCUT2D eigenvalue weighted by Gasteiger charge is 2.48. The van der Waals surface area contributed by atoms with E-state index < -0.39 is 0 Å². The van der Waals surface area contributed by atoms with Crippen molar-refractivity contribution in [1.29, 1.82) is 0 Å². The van der Waals surface area contributed by atoms with E-state index in [9.17, 15) is 4.79 Å². The average molecular weight is 346 g/mol. The van der Waals surface area contributed by atoms with Crippen LogP contribution >= 0.6 is 0 Å². The summed E-state index contributed by atoms with van der Waals surface area (Å²) in [6.07, 6.45) is 6.70. The van der Waals surface area contributed by atoms with E-state index in [4.69, 9.17) is 9.15 Å². The monoisotopic (exact) mass is 346 g/mol. The molecule has 3 aliphatic rings. The number of carbonyl (C=O) groups is 1. The molecule has 0 bridgehead atoms. The van der Waals surface area contributed by atoms with Gasteiger partial charge in [-0.3, -0.25) is 9.69 Å². The van der Waals surface area contributed by atoms with Crippen LogP contribution < -0.4 is 0 Å². The maximum absolute atomic E-state index is 11.9. The van der Waals surface area contributed by atoms with Crippen molar-refractivity contribution in [1.82, 2.24) is 9.80 Å². The zero-order valence-corrected chi connectivity index (χ0v) is 15.3. The fraction of sp³-hybridized carbons (Fsp3) is 0.750. The molecule has 1 aliphatic carbocycles. The summed E-state index contributed by atoms with van der Waals surface area (Å²) in [5, 5.41) is 0. The van der Waals surface area contributed by atoms with Crippen LogP contribution in [0.15, 0.2) is 22.8 Å². The highest BCUT2D eigenvalue weighted by Crippen LogP contribution is 2.45. The Kier molecular flexibility index (Phi) is 4.87. The van der Waals surface area contributed by atoms with E-state index in [2.05, 4.69) is 4.90 Å². The predicted octanol–water partition coefficient (Wildman–Crippen LogP) is 2.77. The molecule has 3 heterocycles. The van der Waals surface area contributed by atoms with Gasteiger partial charge < -0.3 is 14.1 Å². The fourth-order valence-corrected chi connectivity index (χ4v) is 4.51. The third kappa shape index (κ3) is 3.93. The lowest BCUT2D eigenvalue weighted by atomic mass is 9.71. The smallest absolute Gasteiger partial charge is 0.219 e. The number of rotatable bonds is 6. The molecule has 1 unspecified atom stereocenters. The third-order valence-corrected chi connectivity index (χ3v) is 6.44. The van der Waals surface area contributed by atoms with E-state index in [0.29, 0.717) is 5.92 Å². The molecule has 1 spiro atoms. The topological polar surface area (TPSA) is 45.9 Å². The van der Waals surface area contributed by atoms with Crippen LogP contribution in [0.25, 0.3) is 0 Å². The summed E-state index contributed by atoms with van der Waals surface area (Å²) >= 11 is 0. The minimum absolute atomic E-state index is 0.210. The summed E-state index contributed by atoms with van der Waals surface area (Å²) in [7, 11) is 0. The second-order valence-electron chi connectivity index (χ2n) is 8.30. The molecule has 0 N–H and O–H groups in total. The van der Waals surface area contributed by atoms with Crippen molar-refractivity contribution in [2.24, 2.45) is 17.3 Å². The lowest BCUT2D eigenvalue weighted by Gasteiger charge is -2.42. The van der Waals surface area contributed by atoms with Gasteiger partial charge in [-0.1, -0.05) is 0 Å². The number of nitrogens with zero attached hydrogens (tertiary/aromatic N) is 2. The van der Waals surface area contributed by atoms with Gasteiger partial charge in [-0.05, 0) is 62.2 Å². The van der Waals surface area contributed by atoms with Gasteiger partial charge in [0.05, 0.1) is 19.4 Å². The minimum Gasteiger partial charge on any atom is -0.468 e. The Morgan fingerprint density at radius 1 is 1.32 bits per heavy atom. The van der Waals surface area contributed by atoms with E-state index in [1.165, 1.54) is 12.8 Å².